The molecule has 4 N–H and O–H groups in total. The van der Waals surface area contributed by atoms with Gasteiger partial charge in [-0.05, 0) is 48.4 Å². The maximum Gasteiger partial charge on any atom is 0.251 e. The van der Waals surface area contributed by atoms with Gasteiger partial charge in [0, 0.05) is 49.3 Å². The van der Waals surface area contributed by atoms with E-state index in [1.807, 2.05) is 6.20 Å². The van der Waals surface area contributed by atoms with Crippen LogP contribution in [0.25, 0.3) is 10.9 Å². The second kappa shape index (κ2) is 10.3. The molecule has 0 fully saturated rings. The Kier molecular flexibility index (Phi) is 7.26. The zero-order valence-electron chi connectivity index (χ0n) is 17.1. The molecule has 1 aromatic heterocycles. The fourth-order valence-corrected chi connectivity index (χ4v) is 3.12. The topological polar surface area (TPSA) is 90.5 Å². The second-order valence-corrected chi connectivity index (χ2v) is 6.67. The van der Waals surface area contributed by atoms with Gasteiger partial charge in [-0.3, -0.25) is 9.79 Å². The van der Waals surface area contributed by atoms with Crippen LogP contribution in [0.2, 0.25) is 0 Å². The van der Waals surface area contributed by atoms with Crippen LogP contribution in [-0.2, 0) is 6.42 Å². The van der Waals surface area contributed by atoms with Crippen LogP contribution in [-0.4, -0.2) is 50.6 Å². The number of halogens is 1. The average Bonchev–Trinajstić information content (AvgIpc) is 3.17. The third-order valence-corrected chi connectivity index (χ3v) is 4.67. The minimum Gasteiger partial charge on any atom is -0.497 e. The van der Waals surface area contributed by atoms with Crippen molar-refractivity contribution in [3.8, 4) is 5.75 Å². The van der Waals surface area contributed by atoms with Gasteiger partial charge in [-0.2, -0.15) is 0 Å². The lowest BCUT2D eigenvalue weighted by Crippen LogP contribution is -2.42. The number of methoxy groups -OCH3 is 1. The number of guanidine groups is 1. The van der Waals surface area contributed by atoms with Crippen LogP contribution in [0.3, 0.4) is 0 Å². The highest BCUT2D eigenvalue weighted by atomic mass is 19.1. The number of carbonyl (C=O) groups excluding carboxylic acids is 1. The maximum absolute atomic E-state index is 13.3. The number of aliphatic imine (C=N–C) groups is 1. The normalized spacial score (nSPS) is 11.4. The number of nitrogens with zero attached hydrogens (tertiary/aromatic N) is 1. The number of amides is 1. The molecular weight excluding hydrogens is 385 g/mol. The molecule has 1 heterocycles. The van der Waals surface area contributed by atoms with Crippen molar-refractivity contribution >= 4 is 22.8 Å². The predicted octanol–water partition coefficient (Wildman–Crippen LogP) is 2.45. The van der Waals surface area contributed by atoms with Crippen LogP contribution in [0.1, 0.15) is 15.9 Å². The summed E-state index contributed by atoms with van der Waals surface area (Å²) in [6.07, 6.45) is 2.66. The summed E-state index contributed by atoms with van der Waals surface area (Å²) >= 11 is 0. The van der Waals surface area contributed by atoms with Crippen LogP contribution in [0, 0.1) is 5.82 Å². The number of hydrogen-bond donors (Lipinski definition) is 4. The summed E-state index contributed by atoms with van der Waals surface area (Å²) in [6, 6.07) is 11.8. The first-order valence-corrected chi connectivity index (χ1v) is 9.73. The van der Waals surface area contributed by atoms with Crippen LogP contribution >= 0.6 is 0 Å². The van der Waals surface area contributed by atoms with Crippen molar-refractivity contribution in [1.82, 2.24) is 20.9 Å². The van der Waals surface area contributed by atoms with Crippen molar-refractivity contribution < 1.29 is 13.9 Å². The number of rotatable bonds is 8. The van der Waals surface area contributed by atoms with Crippen molar-refractivity contribution in [1.29, 1.82) is 0 Å². The SMILES string of the molecule is CN=C(NCCNC(=O)c1cccc(OC)c1)NCCc1c[nH]c2cc(F)ccc12. The van der Waals surface area contributed by atoms with Gasteiger partial charge in [-0.1, -0.05) is 6.07 Å². The molecule has 0 saturated heterocycles. The minimum absolute atomic E-state index is 0.158. The number of aromatic amines is 1. The lowest BCUT2D eigenvalue weighted by Gasteiger charge is -2.12. The molecule has 0 aliphatic rings. The molecule has 158 valence electrons. The smallest absolute Gasteiger partial charge is 0.251 e. The van der Waals surface area contributed by atoms with Crippen LogP contribution in [0.4, 0.5) is 4.39 Å². The molecule has 0 unspecified atom stereocenters. The van der Waals surface area contributed by atoms with E-state index in [1.54, 1.807) is 44.5 Å². The number of H-pyrrole nitrogens is 1. The lowest BCUT2D eigenvalue weighted by atomic mass is 10.1. The first kappa shape index (κ1) is 21.2. The van der Waals surface area contributed by atoms with Crippen molar-refractivity contribution in [3.63, 3.8) is 0 Å². The fraction of sp³-hybridized carbons (Fsp3) is 0.273. The van der Waals surface area contributed by atoms with Gasteiger partial charge in [0.25, 0.3) is 5.91 Å². The highest BCUT2D eigenvalue weighted by Crippen LogP contribution is 2.19. The molecule has 0 atom stereocenters. The Morgan fingerprint density at radius 3 is 2.70 bits per heavy atom. The van der Waals surface area contributed by atoms with Gasteiger partial charge in [0.2, 0.25) is 0 Å². The first-order valence-electron chi connectivity index (χ1n) is 9.73. The highest BCUT2D eigenvalue weighted by molar-refractivity contribution is 5.94. The lowest BCUT2D eigenvalue weighted by molar-refractivity contribution is 0.0954. The van der Waals surface area contributed by atoms with E-state index in [-0.39, 0.29) is 11.7 Å². The summed E-state index contributed by atoms with van der Waals surface area (Å²) in [5.41, 5.74) is 2.45. The number of fused-ring (bicyclic) bond motifs is 1. The highest BCUT2D eigenvalue weighted by Gasteiger charge is 2.07. The molecule has 3 aromatic rings. The van der Waals surface area contributed by atoms with E-state index in [1.165, 1.54) is 12.1 Å². The van der Waals surface area contributed by atoms with Crippen LogP contribution in [0.15, 0.2) is 53.7 Å². The summed E-state index contributed by atoms with van der Waals surface area (Å²) in [4.78, 5) is 19.5. The van der Waals surface area contributed by atoms with E-state index < -0.39 is 0 Å². The monoisotopic (exact) mass is 411 g/mol. The number of hydrogen-bond acceptors (Lipinski definition) is 3. The summed E-state index contributed by atoms with van der Waals surface area (Å²) in [7, 11) is 3.26. The third kappa shape index (κ3) is 5.50. The third-order valence-electron chi connectivity index (χ3n) is 4.67. The Bertz CT molecular complexity index is 1030. The Morgan fingerprint density at radius 2 is 1.90 bits per heavy atom. The number of benzene rings is 2. The van der Waals surface area contributed by atoms with Crippen LogP contribution in [0.5, 0.6) is 5.75 Å². The first-order chi connectivity index (χ1) is 14.6. The molecule has 7 nitrogen and oxygen atoms in total. The largest absolute Gasteiger partial charge is 0.497 e. The molecule has 0 bridgehead atoms. The van der Waals surface area contributed by atoms with Crippen molar-refractivity contribution in [2.75, 3.05) is 33.8 Å². The number of aromatic nitrogens is 1. The van der Waals surface area contributed by atoms with E-state index in [0.717, 1.165) is 22.9 Å². The number of ether oxygens (including phenoxy) is 1. The van der Waals surface area contributed by atoms with Crippen molar-refractivity contribution in [2.24, 2.45) is 4.99 Å². The Labute approximate surface area is 174 Å². The molecule has 0 saturated carbocycles. The van der Waals surface area contributed by atoms with Gasteiger partial charge in [0.15, 0.2) is 5.96 Å². The number of carbonyl (C=O) groups is 1. The zero-order valence-corrected chi connectivity index (χ0v) is 17.1. The van der Waals surface area contributed by atoms with Gasteiger partial charge in [-0.15, -0.1) is 0 Å². The molecule has 1 amide bonds. The predicted molar refractivity (Wildman–Crippen MR) is 117 cm³/mol. The molecule has 0 spiro atoms. The standard InChI is InChI=1S/C22H26FN5O2/c1-24-22(26-9-8-16-14-28-20-13-17(23)6-7-19(16)20)27-11-10-25-21(29)15-4-3-5-18(12-15)30-2/h3-7,12-14,28H,8-11H2,1-2H3,(H,25,29)(H2,24,26,27). The summed E-state index contributed by atoms with van der Waals surface area (Å²) < 4.78 is 18.4. The Balaban J connectivity index is 1.40. The van der Waals surface area contributed by atoms with E-state index >= 15 is 0 Å². The summed E-state index contributed by atoms with van der Waals surface area (Å²) in [5, 5.41) is 10.3. The van der Waals surface area contributed by atoms with Gasteiger partial charge in [0.1, 0.15) is 11.6 Å². The zero-order chi connectivity index (χ0) is 21.3. The molecule has 0 aliphatic heterocycles. The van der Waals surface area contributed by atoms with Gasteiger partial charge in [-0.25, -0.2) is 4.39 Å². The van der Waals surface area contributed by atoms with Gasteiger partial charge in [0.05, 0.1) is 7.11 Å². The molecular formula is C22H26FN5O2. The van der Waals surface area contributed by atoms with Crippen molar-refractivity contribution in [3.05, 3.63) is 65.6 Å². The molecule has 0 aliphatic carbocycles. The molecule has 0 radical (unpaired) electrons. The Morgan fingerprint density at radius 1 is 1.10 bits per heavy atom. The summed E-state index contributed by atoms with van der Waals surface area (Å²) in [6.45, 7) is 1.65. The summed E-state index contributed by atoms with van der Waals surface area (Å²) in [5.74, 6) is 0.883. The van der Waals surface area contributed by atoms with E-state index in [0.29, 0.717) is 36.9 Å². The van der Waals surface area contributed by atoms with Crippen molar-refractivity contribution in [2.45, 2.75) is 6.42 Å². The maximum atomic E-state index is 13.3. The Hall–Kier alpha value is -3.55. The minimum atomic E-state index is -0.253. The second-order valence-electron chi connectivity index (χ2n) is 6.67. The average molecular weight is 411 g/mol. The quantitative estimate of drug-likeness (QED) is 0.260. The van der Waals surface area contributed by atoms with E-state index in [2.05, 4.69) is 25.9 Å². The van der Waals surface area contributed by atoms with E-state index in [9.17, 15) is 9.18 Å². The molecule has 30 heavy (non-hydrogen) atoms. The molecule has 2 aromatic carbocycles. The molecule has 3 rings (SSSR count). The molecule has 8 heteroatoms. The fourth-order valence-electron chi connectivity index (χ4n) is 3.12. The van der Waals surface area contributed by atoms with Gasteiger partial charge >= 0.3 is 0 Å². The number of nitrogens with one attached hydrogen (secondary N) is 4. The van der Waals surface area contributed by atoms with Gasteiger partial charge < -0.3 is 25.7 Å². The van der Waals surface area contributed by atoms with E-state index in [4.69, 9.17) is 4.74 Å². The van der Waals surface area contributed by atoms with Crippen LogP contribution < -0.4 is 20.7 Å².